The third-order valence-corrected chi connectivity index (χ3v) is 5.73. The van der Waals surface area contributed by atoms with E-state index in [1.807, 2.05) is 0 Å². The summed E-state index contributed by atoms with van der Waals surface area (Å²) in [6, 6.07) is 0. The zero-order valence-corrected chi connectivity index (χ0v) is 11.9. The average molecular weight is 300 g/mol. The minimum Gasteiger partial charge on any atom is -0.356 e. The fourth-order valence-corrected chi connectivity index (χ4v) is 4.58. The summed E-state index contributed by atoms with van der Waals surface area (Å²) in [4.78, 5) is 12.7. The highest BCUT2D eigenvalue weighted by Crippen LogP contribution is 2.54. The Kier molecular flexibility index (Phi) is 3.47. The lowest BCUT2D eigenvalue weighted by Gasteiger charge is -2.26. The van der Waals surface area contributed by atoms with Crippen LogP contribution in [0.4, 0.5) is 0 Å². The van der Waals surface area contributed by atoms with Crippen molar-refractivity contribution in [2.45, 2.75) is 49.8 Å². The van der Waals surface area contributed by atoms with Gasteiger partial charge in [0.05, 0.1) is 0 Å². The zero-order chi connectivity index (χ0) is 11.8. The molecule has 0 heterocycles. The summed E-state index contributed by atoms with van der Waals surface area (Å²) in [7, 11) is 0. The lowest BCUT2D eigenvalue weighted by Crippen LogP contribution is -2.35. The van der Waals surface area contributed by atoms with Crippen LogP contribution in [0.5, 0.6) is 0 Å². The molecule has 4 unspecified atom stereocenters. The predicted octanol–water partition coefficient (Wildman–Crippen LogP) is 3.10. The number of hydrogen-bond acceptors (Lipinski definition) is 1. The largest absolute Gasteiger partial charge is 0.356 e. The van der Waals surface area contributed by atoms with Crippen molar-refractivity contribution in [3.63, 3.8) is 0 Å². The molecular weight excluding hydrogens is 278 g/mol. The molecule has 1 amide bonds. The first-order valence-electron chi connectivity index (χ1n) is 7.14. The number of carbonyl (C=O) groups excluding carboxylic acids is 1. The molecule has 1 N–H and O–H groups in total. The summed E-state index contributed by atoms with van der Waals surface area (Å²) >= 11 is 3.70. The van der Waals surface area contributed by atoms with E-state index in [1.54, 1.807) is 0 Å². The zero-order valence-electron chi connectivity index (χ0n) is 10.3. The lowest BCUT2D eigenvalue weighted by molar-refractivity contribution is -0.125. The van der Waals surface area contributed by atoms with Crippen molar-refractivity contribution in [1.82, 2.24) is 5.32 Å². The van der Waals surface area contributed by atoms with Crippen LogP contribution < -0.4 is 5.32 Å². The van der Waals surface area contributed by atoms with E-state index in [4.69, 9.17) is 0 Å². The second kappa shape index (κ2) is 4.91. The van der Waals surface area contributed by atoms with Gasteiger partial charge in [-0.3, -0.25) is 4.79 Å². The van der Waals surface area contributed by atoms with Crippen LogP contribution in [0.25, 0.3) is 0 Å². The Labute approximate surface area is 112 Å². The Hall–Kier alpha value is -0.0500. The van der Waals surface area contributed by atoms with E-state index in [9.17, 15) is 4.79 Å². The quantitative estimate of drug-likeness (QED) is 0.797. The van der Waals surface area contributed by atoms with Crippen LogP contribution in [0.15, 0.2) is 0 Å². The minimum absolute atomic E-state index is 0.342. The van der Waals surface area contributed by atoms with Gasteiger partial charge in [0.25, 0.3) is 0 Å². The van der Waals surface area contributed by atoms with Crippen molar-refractivity contribution >= 4 is 21.8 Å². The maximum absolute atomic E-state index is 12.0. The number of nitrogens with one attached hydrogen (secondary N) is 1. The highest BCUT2D eigenvalue weighted by Gasteiger charge is 2.47. The first-order valence-corrected chi connectivity index (χ1v) is 8.05. The third kappa shape index (κ3) is 2.86. The van der Waals surface area contributed by atoms with Gasteiger partial charge in [-0.2, -0.15) is 0 Å². The maximum Gasteiger partial charge on any atom is 0.223 e. The van der Waals surface area contributed by atoms with E-state index in [0.29, 0.717) is 22.6 Å². The number of alkyl halides is 1. The van der Waals surface area contributed by atoms with Gasteiger partial charge in [0.1, 0.15) is 0 Å². The Morgan fingerprint density at radius 1 is 1.12 bits per heavy atom. The number of carbonyl (C=O) groups is 1. The van der Waals surface area contributed by atoms with Crippen molar-refractivity contribution in [2.75, 3.05) is 6.54 Å². The van der Waals surface area contributed by atoms with Crippen molar-refractivity contribution in [1.29, 1.82) is 0 Å². The van der Waals surface area contributed by atoms with Crippen LogP contribution in [0.1, 0.15) is 44.9 Å². The fourth-order valence-electron chi connectivity index (χ4n) is 3.73. The lowest BCUT2D eigenvalue weighted by atomic mass is 9.89. The molecule has 3 aliphatic carbocycles. The third-order valence-electron chi connectivity index (χ3n) is 4.90. The highest BCUT2D eigenvalue weighted by molar-refractivity contribution is 9.09. The number of amides is 1. The molecule has 3 aliphatic rings. The van der Waals surface area contributed by atoms with Crippen LogP contribution in [-0.2, 0) is 4.79 Å². The molecule has 0 aromatic carbocycles. The van der Waals surface area contributed by atoms with Gasteiger partial charge < -0.3 is 5.32 Å². The maximum atomic E-state index is 12.0. The van der Waals surface area contributed by atoms with Crippen molar-refractivity contribution < 1.29 is 4.79 Å². The molecule has 96 valence electrons. The first kappa shape index (κ1) is 12.0. The summed E-state index contributed by atoms with van der Waals surface area (Å²) in [6.45, 7) is 0.909. The standard InChI is InChI=1S/C14H22BrNO/c15-13-3-1-2-9(4-13)8-16-14(17)12-6-10-5-11(10)7-12/h9-13H,1-8H2,(H,16,17). The number of fused-ring (bicyclic) bond motifs is 1. The van der Waals surface area contributed by atoms with Crippen LogP contribution in [0.2, 0.25) is 0 Å². The van der Waals surface area contributed by atoms with Gasteiger partial charge in [-0.1, -0.05) is 22.4 Å². The molecule has 3 heteroatoms. The summed E-state index contributed by atoms with van der Waals surface area (Å²) in [5.74, 6) is 3.21. The Bertz CT molecular complexity index is 297. The van der Waals surface area contributed by atoms with Gasteiger partial charge in [0.2, 0.25) is 5.91 Å². The molecule has 0 spiro atoms. The van der Waals surface area contributed by atoms with Crippen LogP contribution in [-0.4, -0.2) is 17.3 Å². The highest BCUT2D eigenvalue weighted by atomic mass is 79.9. The molecular formula is C14H22BrNO. The van der Waals surface area contributed by atoms with Crippen molar-refractivity contribution in [2.24, 2.45) is 23.7 Å². The van der Waals surface area contributed by atoms with Gasteiger partial charge in [-0.05, 0) is 56.3 Å². The van der Waals surface area contributed by atoms with E-state index in [2.05, 4.69) is 21.2 Å². The SMILES string of the molecule is O=C(NCC1CCCC(Br)C1)C1CC2CC2C1. The predicted molar refractivity (Wildman–Crippen MR) is 72.0 cm³/mol. The number of rotatable bonds is 3. The van der Waals surface area contributed by atoms with Crippen molar-refractivity contribution in [3.05, 3.63) is 0 Å². The molecule has 3 fully saturated rings. The second-order valence-corrected chi connectivity index (χ2v) is 7.59. The van der Waals surface area contributed by atoms with Crippen molar-refractivity contribution in [3.8, 4) is 0 Å². The molecule has 0 aromatic rings. The monoisotopic (exact) mass is 299 g/mol. The smallest absolute Gasteiger partial charge is 0.223 e. The van der Waals surface area contributed by atoms with E-state index < -0.39 is 0 Å². The summed E-state index contributed by atoms with van der Waals surface area (Å²) in [5.41, 5.74) is 0. The Morgan fingerprint density at radius 3 is 2.59 bits per heavy atom. The minimum atomic E-state index is 0.342. The normalized spacial score (nSPS) is 44.2. The van der Waals surface area contributed by atoms with Gasteiger partial charge in [-0.15, -0.1) is 0 Å². The molecule has 4 atom stereocenters. The molecule has 2 nitrogen and oxygen atoms in total. The fraction of sp³-hybridized carbons (Fsp3) is 0.929. The number of halogens is 1. The van der Waals surface area contributed by atoms with Gasteiger partial charge >= 0.3 is 0 Å². The first-order chi connectivity index (χ1) is 8.22. The van der Waals surface area contributed by atoms with E-state index in [1.165, 1.54) is 44.9 Å². The molecule has 0 saturated heterocycles. The van der Waals surface area contributed by atoms with Gasteiger partial charge in [0.15, 0.2) is 0 Å². The Balaban J connectivity index is 1.39. The second-order valence-electron chi connectivity index (χ2n) is 6.30. The molecule has 0 aliphatic heterocycles. The molecule has 3 saturated carbocycles. The van der Waals surface area contributed by atoms with Crippen LogP contribution >= 0.6 is 15.9 Å². The van der Waals surface area contributed by atoms with E-state index in [-0.39, 0.29) is 0 Å². The topological polar surface area (TPSA) is 29.1 Å². The number of hydrogen-bond donors (Lipinski definition) is 1. The molecule has 0 bridgehead atoms. The van der Waals surface area contributed by atoms with Gasteiger partial charge in [-0.25, -0.2) is 0 Å². The molecule has 0 radical (unpaired) electrons. The summed E-state index contributed by atoms with van der Waals surface area (Å²) in [5, 5.41) is 3.20. The van der Waals surface area contributed by atoms with Gasteiger partial charge in [0, 0.05) is 17.3 Å². The summed E-state index contributed by atoms with van der Waals surface area (Å²) in [6.07, 6.45) is 8.87. The molecule has 17 heavy (non-hydrogen) atoms. The Morgan fingerprint density at radius 2 is 1.88 bits per heavy atom. The molecule has 3 rings (SSSR count). The average Bonchev–Trinajstić information content (AvgIpc) is 2.93. The molecule has 0 aromatic heterocycles. The van der Waals surface area contributed by atoms with E-state index >= 15 is 0 Å². The van der Waals surface area contributed by atoms with Crippen LogP contribution in [0, 0.1) is 23.7 Å². The summed E-state index contributed by atoms with van der Waals surface area (Å²) < 4.78 is 0. The van der Waals surface area contributed by atoms with E-state index in [0.717, 1.165) is 18.4 Å². The van der Waals surface area contributed by atoms with Crippen LogP contribution in [0.3, 0.4) is 0 Å².